The van der Waals surface area contributed by atoms with Crippen LogP contribution in [0.1, 0.15) is 58.2 Å². The van der Waals surface area contributed by atoms with E-state index in [1.165, 1.54) is 17.7 Å². The highest BCUT2D eigenvalue weighted by Gasteiger charge is 2.24. The summed E-state index contributed by atoms with van der Waals surface area (Å²) in [4.78, 5) is 10.2. The molecule has 52 heavy (non-hydrogen) atoms. The SMILES string of the molecule is CC(C)(C)c1ccc(O)c(C=Nc2ccccc2-c2nc3c(-c4ccc(-c5ccc(F)cc5)c5c4oc4ccccc45)cc(C(C)(C)C)cc3s2)c1. The number of benzene rings is 6. The maximum atomic E-state index is 14.0. The Balaban J connectivity index is 1.32. The van der Waals surface area contributed by atoms with Gasteiger partial charge in [0, 0.05) is 39.2 Å². The van der Waals surface area contributed by atoms with Crippen LogP contribution < -0.4 is 0 Å². The lowest BCUT2D eigenvalue weighted by Gasteiger charge is -2.20. The van der Waals surface area contributed by atoms with E-state index >= 15 is 0 Å². The van der Waals surface area contributed by atoms with Crippen LogP contribution >= 0.6 is 11.3 Å². The Morgan fingerprint density at radius 2 is 1.42 bits per heavy atom. The molecule has 0 aliphatic carbocycles. The standard InChI is InChI=1S/C46H39FN2O2S/c1-45(2,3)29-17-22-38(50)28(23-29)26-48-37-13-9-7-11-34(37)44-49-42-36(24-30(46(4,5)6)25-40(42)52-44)33-21-20-32(27-15-18-31(47)19-16-27)41-35-12-8-10-14-39(35)51-43(33)41/h7-26,50H,1-6H3. The number of fused-ring (bicyclic) bond motifs is 4. The van der Waals surface area contributed by atoms with Gasteiger partial charge in [0.1, 0.15) is 27.7 Å². The molecule has 8 aromatic rings. The van der Waals surface area contributed by atoms with Crippen LogP contribution in [0.5, 0.6) is 5.75 Å². The molecule has 0 spiro atoms. The van der Waals surface area contributed by atoms with Crippen molar-refractivity contribution in [3.05, 3.63) is 138 Å². The molecular formula is C46H39FN2O2S. The summed E-state index contributed by atoms with van der Waals surface area (Å²) < 4.78 is 21.7. The van der Waals surface area contributed by atoms with E-state index in [2.05, 4.69) is 77.9 Å². The molecule has 0 unspecified atom stereocenters. The minimum Gasteiger partial charge on any atom is -0.507 e. The fourth-order valence-electron chi connectivity index (χ4n) is 6.72. The first kappa shape index (κ1) is 33.5. The van der Waals surface area contributed by atoms with E-state index in [-0.39, 0.29) is 22.4 Å². The zero-order valence-corrected chi connectivity index (χ0v) is 30.9. The molecule has 0 amide bonds. The lowest BCUT2D eigenvalue weighted by Crippen LogP contribution is -2.11. The van der Waals surface area contributed by atoms with Gasteiger partial charge in [-0.2, -0.15) is 0 Å². The van der Waals surface area contributed by atoms with Crippen LogP contribution in [0.4, 0.5) is 10.1 Å². The number of aromatic nitrogens is 1. The molecule has 2 aromatic heterocycles. The topological polar surface area (TPSA) is 58.6 Å². The Kier molecular flexibility index (Phi) is 8.11. The van der Waals surface area contributed by atoms with Gasteiger partial charge in [-0.05, 0) is 93.7 Å². The predicted molar refractivity (Wildman–Crippen MR) is 216 cm³/mol. The number of rotatable bonds is 5. The average Bonchev–Trinajstić information content (AvgIpc) is 3.73. The van der Waals surface area contributed by atoms with E-state index in [1.807, 2.05) is 60.7 Å². The van der Waals surface area contributed by atoms with Crippen molar-refractivity contribution in [2.75, 3.05) is 0 Å². The number of halogens is 1. The highest BCUT2D eigenvalue weighted by Crippen LogP contribution is 2.46. The molecule has 0 fully saturated rings. The molecule has 0 saturated carbocycles. The number of aliphatic imine (C=N–C) groups is 1. The van der Waals surface area contributed by atoms with Gasteiger partial charge in [-0.15, -0.1) is 11.3 Å². The van der Waals surface area contributed by atoms with E-state index < -0.39 is 0 Å². The summed E-state index contributed by atoms with van der Waals surface area (Å²) in [6.45, 7) is 13.1. The monoisotopic (exact) mass is 702 g/mol. The van der Waals surface area contributed by atoms with E-state index in [9.17, 15) is 9.50 Å². The summed E-state index contributed by atoms with van der Waals surface area (Å²) >= 11 is 1.65. The highest BCUT2D eigenvalue weighted by atomic mass is 32.1. The summed E-state index contributed by atoms with van der Waals surface area (Å²) in [5.41, 5.74) is 10.8. The summed E-state index contributed by atoms with van der Waals surface area (Å²) in [6, 6.07) is 37.1. The third-order valence-electron chi connectivity index (χ3n) is 9.70. The number of aromatic hydroxyl groups is 1. The maximum absolute atomic E-state index is 14.0. The summed E-state index contributed by atoms with van der Waals surface area (Å²) in [5, 5.41) is 13.5. The Bertz CT molecular complexity index is 2670. The molecule has 6 aromatic carbocycles. The molecule has 4 nitrogen and oxygen atoms in total. The molecule has 0 radical (unpaired) electrons. The first-order valence-electron chi connectivity index (χ1n) is 17.5. The highest BCUT2D eigenvalue weighted by molar-refractivity contribution is 7.21. The second-order valence-electron chi connectivity index (χ2n) is 15.4. The number of hydrogen-bond donors (Lipinski definition) is 1. The van der Waals surface area contributed by atoms with Gasteiger partial charge < -0.3 is 9.52 Å². The number of furan rings is 1. The van der Waals surface area contributed by atoms with Crippen LogP contribution in [-0.2, 0) is 10.8 Å². The van der Waals surface area contributed by atoms with Crippen molar-refractivity contribution >= 4 is 55.4 Å². The van der Waals surface area contributed by atoms with E-state index in [0.29, 0.717) is 5.56 Å². The zero-order valence-electron chi connectivity index (χ0n) is 30.1. The molecule has 0 saturated heterocycles. The van der Waals surface area contributed by atoms with Crippen molar-refractivity contribution in [2.45, 2.75) is 52.4 Å². The zero-order chi connectivity index (χ0) is 36.4. The van der Waals surface area contributed by atoms with E-state index in [0.717, 1.165) is 76.2 Å². The fraction of sp³-hybridized carbons (Fsp3) is 0.174. The van der Waals surface area contributed by atoms with Crippen LogP contribution in [0.15, 0.2) is 125 Å². The third-order valence-corrected chi connectivity index (χ3v) is 10.7. The Labute approximate surface area is 306 Å². The molecule has 0 aliphatic rings. The normalized spacial score (nSPS) is 12.5. The van der Waals surface area contributed by atoms with Gasteiger partial charge in [-0.1, -0.05) is 96.1 Å². The van der Waals surface area contributed by atoms with Crippen LogP contribution in [0, 0.1) is 5.82 Å². The maximum Gasteiger partial charge on any atom is 0.143 e. The van der Waals surface area contributed by atoms with Crippen LogP contribution in [0.2, 0.25) is 0 Å². The minimum atomic E-state index is -0.269. The fourth-order valence-corrected chi connectivity index (χ4v) is 7.79. The quantitative estimate of drug-likeness (QED) is 0.182. The summed E-state index contributed by atoms with van der Waals surface area (Å²) in [5.74, 6) is -0.0783. The Hall–Kier alpha value is -5.59. The molecule has 0 aliphatic heterocycles. The first-order chi connectivity index (χ1) is 24.8. The van der Waals surface area contributed by atoms with Gasteiger partial charge in [0.25, 0.3) is 0 Å². The van der Waals surface area contributed by atoms with Gasteiger partial charge >= 0.3 is 0 Å². The predicted octanol–water partition coefficient (Wildman–Crippen LogP) is 13.4. The first-order valence-corrected chi connectivity index (χ1v) is 18.3. The number of phenolic OH excluding ortho intramolecular Hbond substituents is 1. The Morgan fingerprint density at radius 1 is 0.712 bits per heavy atom. The lowest BCUT2D eigenvalue weighted by atomic mass is 9.84. The van der Waals surface area contributed by atoms with Crippen LogP contribution in [-0.4, -0.2) is 16.3 Å². The van der Waals surface area contributed by atoms with Crippen molar-refractivity contribution in [3.63, 3.8) is 0 Å². The molecule has 0 atom stereocenters. The minimum absolute atomic E-state index is 0.0615. The van der Waals surface area contributed by atoms with Gasteiger partial charge in [0.2, 0.25) is 0 Å². The summed E-state index contributed by atoms with van der Waals surface area (Å²) in [7, 11) is 0. The van der Waals surface area contributed by atoms with Crippen molar-refractivity contribution in [1.29, 1.82) is 0 Å². The number of nitrogens with zero attached hydrogens (tertiary/aromatic N) is 2. The molecule has 6 heteroatoms. The molecule has 8 rings (SSSR count). The van der Waals surface area contributed by atoms with Crippen molar-refractivity contribution in [1.82, 2.24) is 4.98 Å². The number of hydrogen-bond acceptors (Lipinski definition) is 5. The van der Waals surface area contributed by atoms with Crippen molar-refractivity contribution < 1.29 is 13.9 Å². The van der Waals surface area contributed by atoms with Gasteiger partial charge in [-0.3, -0.25) is 4.99 Å². The molecule has 1 N–H and O–H groups in total. The van der Waals surface area contributed by atoms with Gasteiger partial charge in [0.05, 0.1) is 15.9 Å². The van der Waals surface area contributed by atoms with E-state index in [1.54, 1.807) is 23.6 Å². The molecule has 0 bridgehead atoms. The average molecular weight is 703 g/mol. The third kappa shape index (κ3) is 6.07. The second-order valence-corrected chi connectivity index (χ2v) is 16.4. The van der Waals surface area contributed by atoms with E-state index in [4.69, 9.17) is 14.4 Å². The van der Waals surface area contributed by atoms with Crippen molar-refractivity contribution in [2.24, 2.45) is 4.99 Å². The largest absolute Gasteiger partial charge is 0.507 e. The van der Waals surface area contributed by atoms with Crippen LogP contribution in [0.25, 0.3) is 65.0 Å². The van der Waals surface area contributed by atoms with Gasteiger partial charge in [0.15, 0.2) is 0 Å². The van der Waals surface area contributed by atoms with Crippen molar-refractivity contribution in [3.8, 4) is 38.6 Å². The van der Waals surface area contributed by atoms with Gasteiger partial charge in [-0.25, -0.2) is 9.37 Å². The molecule has 258 valence electrons. The Morgan fingerprint density at radius 3 is 2.19 bits per heavy atom. The second kappa shape index (κ2) is 12.6. The molecule has 2 heterocycles. The summed E-state index contributed by atoms with van der Waals surface area (Å²) in [6.07, 6.45) is 1.74. The molecular weight excluding hydrogens is 664 g/mol. The number of para-hydroxylation sites is 2. The number of phenols is 1. The smallest absolute Gasteiger partial charge is 0.143 e. The van der Waals surface area contributed by atoms with Crippen LogP contribution in [0.3, 0.4) is 0 Å². The lowest BCUT2D eigenvalue weighted by molar-refractivity contribution is 0.473. The number of thiazole rings is 1.